The van der Waals surface area contributed by atoms with Crippen molar-refractivity contribution in [3.8, 4) is 0 Å². The van der Waals surface area contributed by atoms with E-state index < -0.39 is 28.5 Å². The highest BCUT2D eigenvalue weighted by Crippen LogP contribution is 2.28. The maximum Gasteiger partial charge on any atom is 0.264 e. The van der Waals surface area contributed by atoms with Gasteiger partial charge in [-0.25, -0.2) is 8.42 Å². The van der Waals surface area contributed by atoms with E-state index in [1.54, 1.807) is 54.6 Å². The molecule has 208 valence electrons. The number of anilines is 1. The fourth-order valence-corrected chi connectivity index (χ4v) is 5.96. The van der Waals surface area contributed by atoms with Crippen molar-refractivity contribution in [3.05, 3.63) is 95.0 Å². The molecule has 0 spiro atoms. The number of hydrogen-bond donors (Lipinski definition) is 1. The lowest BCUT2D eigenvalue weighted by Crippen LogP contribution is -2.52. The van der Waals surface area contributed by atoms with Crippen LogP contribution in [0.25, 0.3) is 0 Å². The van der Waals surface area contributed by atoms with Crippen molar-refractivity contribution < 1.29 is 18.0 Å². The molecule has 0 saturated heterocycles. The van der Waals surface area contributed by atoms with Gasteiger partial charge in [-0.2, -0.15) is 0 Å². The van der Waals surface area contributed by atoms with E-state index in [-0.39, 0.29) is 17.3 Å². The fourth-order valence-electron chi connectivity index (χ4n) is 4.36. The van der Waals surface area contributed by atoms with Crippen LogP contribution in [0, 0.1) is 0 Å². The molecule has 7 nitrogen and oxygen atoms in total. The van der Waals surface area contributed by atoms with Crippen molar-refractivity contribution >= 4 is 39.1 Å². The van der Waals surface area contributed by atoms with Crippen LogP contribution < -0.4 is 9.62 Å². The van der Waals surface area contributed by atoms with Crippen molar-refractivity contribution in [2.75, 3.05) is 17.4 Å². The Labute approximate surface area is 236 Å². The molecule has 0 aliphatic rings. The zero-order chi connectivity index (χ0) is 28.4. The van der Waals surface area contributed by atoms with Crippen molar-refractivity contribution in [1.82, 2.24) is 10.2 Å². The zero-order valence-corrected chi connectivity index (χ0v) is 24.2. The van der Waals surface area contributed by atoms with Crippen molar-refractivity contribution in [2.45, 2.75) is 57.5 Å². The van der Waals surface area contributed by atoms with Gasteiger partial charge in [-0.05, 0) is 60.7 Å². The Balaban J connectivity index is 2.07. The molecule has 3 aromatic rings. The Morgan fingerprint density at radius 1 is 0.897 bits per heavy atom. The molecule has 0 saturated carbocycles. The summed E-state index contributed by atoms with van der Waals surface area (Å²) in [6.07, 6.45) is 1.70. The second-order valence-electron chi connectivity index (χ2n) is 9.17. The second-order valence-corrected chi connectivity index (χ2v) is 11.5. The number of benzene rings is 3. The number of halogens is 1. The normalized spacial score (nSPS) is 12.0. The number of carbonyl (C=O) groups excluding carboxylic acids is 2. The number of hydrogen-bond acceptors (Lipinski definition) is 4. The third-order valence-electron chi connectivity index (χ3n) is 6.45. The van der Waals surface area contributed by atoms with Gasteiger partial charge in [-0.3, -0.25) is 13.9 Å². The number of carbonyl (C=O) groups is 2. The van der Waals surface area contributed by atoms with Crippen LogP contribution in [0.4, 0.5) is 5.69 Å². The van der Waals surface area contributed by atoms with Gasteiger partial charge in [0.1, 0.15) is 12.6 Å². The summed E-state index contributed by atoms with van der Waals surface area (Å²) in [6.45, 7) is 5.88. The number of amides is 2. The van der Waals surface area contributed by atoms with Crippen molar-refractivity contribution in [3.63, 3.8) is 0 Å². The molecule has 3 aromatic carbocycles. The third kappa shape index (κ3) is 7.61. The molecule has 0 radical (unpaired) electrons. The van der Waals surface area contributed by atoms with Gasteiger partial charge in [0, 0.05) is 18.1 Å². The van der Waals surface area contributed by atoms with Gasteiger partial charge in [0.05, 0.1) is 10.6 Å². The highest BCUT2D eigenvalue weighted by Gasteiger charge is 2.34. The van der Waals surface area contributed by atoms with Gasteiger partial charge >= 0.3 is 0 Å². The topological polar surface area (TPSA) is 86.8 Å². The number of rotatable bonds is 13. The van der Waals surface area contributed by atoms with E-state index in [0.717, 1.165) is 21.9 Å². The molecule has 2 amide bonds. The minimum atomic E-state index is -4.09. The van der Waals surface area contributed by atoms with E-state index in [9.17, 15) is 18.0 Å². The van der Waals surface area contributed by atoms with Crippen LogP contribution in [-0.2, 0) is 32.6 Å². The zero-order valence-electron chi connectivity index (χ0n) is 22.6. The van der Waals surface area contributed by atoms with Crippen molar-refractivity contribution in [1.29, 1.82) is 0 Å². The first-order valence-electron chi connectivity index (χ1n) is 13.2. The predicted octanol–water partition coefficient (Wildman–Crippen LogP) is 5.43. The van der Waals surface area contributed by atoms with Gasteiger partial charge < -0.3 is 10.2 Å². The average Bonchev–Trinajstić information content (AvgIpc) is 2.95. The van der Waals surface area contributed by atoms with Crippen LogP contribution in [0.15, 0.2) is 83.8 Å². The average molecular weight is 570 g/mol. The Bertz CT molecular complexity index is 1350. The molecule has 9 heteroatoms. The number of nitrogens with one attached hydrogen (secondary N) is 1. The SMILES string of the molecule is CCCNC(=O)[C@H](CC)N(Cc1ccc(Cl)cc1)C(=O)CN(c1ccccc1CC)S(=O)(=O)c1ccccc1. The highest BCUT2D eigenvalue weighted by atomic mass is 35.5. The van der Waals surface area contributed by atoms with Crippen molar-refractivity contribution in [2.24, 2.45) is 0 Å². The van der Waals surface area contributed by atoms with Crippen LogP contribution in [0.1, 0.15) is 44.7 Å². The van der Waals surface area contributed by atoms with Crippen LogP contribution in [0.2, 0.25) is 5.02 Å². The van der Waals surface area contributed by atoms with Gasteiger partial charge in [-0.1, -0.05) is 80.9 Å². The van der Waals surface area contributed by atoms with Crippen LogP contribution in [-0.4, -0.2) is 44.3 Å². The Morgan fingerprint density at radius 2 is 1.54 bits per heavy atom. The minimum absolute atomic E-state index is 0.0840. The predicted molar refractivity (Wildman–Crippen MR) is 156 cm³/mol. The fraction of sp³-hybridized carbons (Fsp3) is 0.333. The summed E-state index contributed by atoms with van der Waals surface area (Å²) in [4.78, 5) is 28.8. The molecule has 0 unspecified atom stereocenters. The van der Waals surface area contributed by atoms with Gasteiger partial charge in [0.15, 0.2) is 0 Å². The molecule has 0 aromatic heterocycles. The molecule has 39 heavy (non-hydrogen) atoms. The molecular weight excluding hydrogens is 534 g/mol. The maximum absolute atomic E-state index is 14.1. The molecule has 0 aliphatic heterocycles. The van der Waals surface area contributed by atoms with E-state index in [0.29, 0.717) is 30.1 Å². The molecule has 0 heterocycles. The molecule has 1 N–H and O–H groups in total. The lowest BCUT2D eigenvalue weighted by atomic mass is 10.1. The van der Waals surface area contributed by atoms with E-state index in [2.05, 4.69) is 5.32 Å². The molecule has 1 atom stereocenters. The maximum atomic E-state index is 14.1. The summed E-state index contributed by atoms with van der Waals surface area (Å²) in [5.74, 6) is -0.748. The molecule has 0 aliphatic carbocycles. The number of sulfonamides is 1. The quantitative estimate of drug-likeness (QED) is 0.297. The third-order valence-corrected chi connectivity index (χ3v) is 8.48. The number of aryl methyl sites for hydroxylation is 1. The number of para-hydroxylation sites is 1. The highest BCUT2D eigenvalue weighted by molar-refractivity contribution is 7.92. The summed E-state index contributed by atoms with van der Waals surface area (Å²) in [5.41, 5.74) is 2.01. The first-order valence-corrected chi connectivity index (χ1v) is 15.0. The lowest BCUT2D eigenvalue weighted by molar-refractivity contribution is -0.140. The summed E-state index contributed by atoms with van der Waals surface area (Å²) < 4.78 is 29.0. The summed E-state index contributed by atoms with van der Waals surface area (Å²) in [7, 11) is -4.09. The summed E-state index contributed by atoms with van der Waals surface area (Å²) >= 11 is 6.06. The summed E-state index contributed by atoms with van der Waals surface area (Å²) in [6, 6.07) is 21.5. The first-order chi connectivity index (χ1) is 18.7. The largest absolute Gasteiger partial charge is 0.354 e. The minimum Gasteiger partial charge on any atom is -0.354 e. The smallest absolute Gasteiger partial charge is 0.264 e. The van der Waals surface area contributed by atoms with E-state index in [4.69, 9.17) is 11.6 Å². The van der Waals surface area contributed by atoms with Gasteiger partial charge in [0.2, 0.25) is 11.8 Å². The van der Waals surface area contributed by atoms with E-state index in [1.165, 1.54) is 17.0 Å². The number of nitrogens with zero attached hydrogens (tertiary/aromatic N) is 2. The second kappa shape index (κ2) is 14.1. The van der Waals surface area contributed by atoms with E-state index in [1.807, 2.05) is 32.9 Å². The Hall–Kier alpha value is -3.36. The summed E-state index contributed by atoms with van der Waals surface area (Å²) in [5, 5.41) is 3.44. The molecular formula is C30H36ClN3O4S. The van der Waals surface area contributed by atoms with Gasteiger partial charge in [0.25, 0.3) is 10.0 Å². The molecule has 3 rings (SSSR count). The van der Waals surface area contributed by atoms with Crippen LogP contribution in [0.3, 0.4) is 0 Å². The molecule has 0 fully saturated rings. The first kappa shape index (κ1) is 30.2. The standard InChI is InChI=1S/C30H36ClN3O4S/c1-4-20-32-30(36)27(6-3)33(21-23-16-18-25(31)19-17-23)29(35)22-34(28-15-11-10-12-24(28)5-2)39(37,38)26-13-8-7-9-14-26/h7-19,27H,4-6,20-22H2,1-3H3,(H,32,36)/t27-/m0/s1. The Kier molecular flexibility index (Phi) is 10.9. The molecule has 0 bridgehead atoms. The lowest BCUT2D eigenvalue weighted by Gasteiger charge is -2.33. The van der Waals surface area contributed by atoms with E-state index >= 15 is 0 Å². The monoisotopic (exact) mass is 569 g/mol. The van der Waals surface area contributed by atoms with Crippen LogP contribution in [0.5, 0.6) is 0 Å². The van der Waals surface area contributed by atoms with Crippen LogP contribution >= 0.6 is 11.6 Å². The Morgan fingerprint density at radius 3 is 2.15 bits per heavy atom. The van der Waals surface area contributed by atoms with Gasteiger partial charge in [-0.15, -0.1) is 0 Å².